The van der Waals surface area contributed by atoms with Crippen molar-refractivity contribution in [3.05, 3.63) is 246 Å². The van der Waals surface area contributed by atoms with Crippen molar-refractivity contribution in [2.24, 2.45) is 0 Å². The van der Waals surface area contributed by atoms with Crippen molar-refractivity contribution >= 4 is 135 Å². The predicted molar refractivity (Wildman–Crippen MR) is 330 cm³/mol. The first-order chi connectivity index (χ1) is 40.2. The summed E-state index contributed by atoms with van der Waals surface area (Å²) in [4.78, 5) is 25.2. The van der Waals surface area contributed by atoms with Crippen molar-refractivity contribution in [3.63, 3.8) is 0 Å². The minimum atomic E-state index is -1.57. The van der Waals surface area contributed by atoms with E-state index in [0.29, 0.717) is 39.7 Å². The van der Waals surface area contributed by atoms with E-state index in [2.05, 4.69) is 149 Å². The number of para-hydroxylation sites is 6. The lowest BCUT2D eigenvalue weighted by Gasteiger charge is -2.07. The Balaban J connectivity index is 0.000000122. The van der Waals surface area contributed by atoms with E-state index in [-0.39, 0.29) is 15.9 Å². The highest BCUT2D eigenvalue weighted by atomic mass is 35.5. The molecule has 392 valence electrons. The lowest BCUT2D eigenvalue weighted by molar-refractivity contribution is 0.425. The highest BCUT2D eigenvalue weighted by molar-refractivity contribution is 6.61. The lowest BCUT2D eigenvalue weighted by atomic mass is 9.79. The van der Waals surface area contributed by atoms with Crippen molar-refractivity contribution in [1.82, 2.24) is 39.0 Å². The molecule has 0 radical (unpaired) electrons. The number of hydrogen-bond acceptors (Lipinski definition) is 10. The fourth-order valence-corrected chi connectivity index (χ4v) is 11.4. The summed E-state index contributed by atoms with van der Waals surface area (Å²) in [6.07, 6.45) is 0. The molecule has 10 aromatic carbocycles. The van der Waals surface area contributed by atoms with E-state index in [1.165, 1.54) is 21.5 Å². The number of aromatic nitrogens is 8. The van der Waals surface area contributed by atoms with Crippen molar-refractivity contribution in [2.75, 3.05) is 0 Å². The van der Waals surface area contributed by atoms with E-state index in [1.807, 2.05) is 109 Å². The number of fused-ring (bicyclic) bond motifs is 12. The second-order valence-electron chi connectivity index (χ2n) is 19.3. The molecule has 0 aliphatic heterocycles. The number of nitrogens with zero attached hydrogens (tertiary/aromatic N) is 8. The van der Waals surface area contributed by atoms with Crippen LogP contribution in [0.4, 0.5) is 0 Å². The Morgan fingerprint density at radius 3 is 1.18 bits per heavy atom. The third-order valence-electron chi connectivity index (χ3n) is 14.4. The Morgan fingerprint density at radius 1 is 0.329 bits per heavy atom. The highest BCUT2D eigenvalue weighted by Crippen LogP contribution is 2.39. The Kier molecular flexibility index (Phi) is 13.0. The van der Waals surface area contributed by atoms with Gasteiger partial charge < -0.3 is 28.0 Å². The van der Waals surface area contributed by atoms with Crippen LogP contribution in [0.5, 0.6) is 0 Å². The second kappa shape index (κ2) is 21.1. The van der Waals surface area contributed by atoms with E-state index < -0.39 is 7.12 Å². The number of rotatable bonds is 6. The van der Waals surface area contributed by atoms with Gasteiger partial charge in [-0.25, -0.2) is 4.98 Å². The summed E-state index contributed by atoms with van der Waals surface area (Å²) >= 11 is 17.7. The molecule has 0 saturated carbocycles. The van der Waals surface area contributed by atoms with Crippen LogP contribution in [0.25, 0.3) is 133 Å². The maximum Gasteiger partial charge on any atom is 0.492 e. The first-order valence-corrected chi connectivity index (χ1v) is 27.2. The normalized spacial score (nSPS) is 11.5. The van der Waals surface area contributed by atoms with Gasteiger partial charge in [0, 0.05) is 83.2 Å². The van der Waals surface area contributed by atoms with Crippen LogP contribution in [0.1, 0.15) is 0 Å². The standard InChI is InChI=1S/C33H19ClN4O.C24H16BNO3.C9H5Cl2N3/c34-33-36-31(20-9-2-1-3-10-20)35-32(37-33)26-14-8-13-25-24-18-17-21(19-29(24)39-30(25)26)38-27-15-6-4-11-22(27)23-12-5-7-16-28(23)38;27-25(28)20-9-5-8-19-18-13-12-15(14-23(18)29-24(19)20)26-21-10-3-1-6-16(21)17-7-2-4-11-22(17)26;10-8-12-7(13-9(11)14-8)6-4-2-1-3-5-6/h1-19H;1-14,27-28H;1-5H. The molecular weight excluding hydrogens is 1090 g/mol. The Labute approximate surface area is 481 Å². The molecule has 82 heavy (non-hydrogen) atoms. The number of hydrogen-bond donors (Lipinski definition) is 2. The van der Waals surface area contributed by atoms with Gasteiger partial charge in [-0.1, -0.05) is 164 Å². The third-order valence-corrected chi connectivity index (χ3v) is 15.0. The Bertz CT molecular complexity index is 4980. The van der Waals surface area contributed by atoms with Crippen molar-refractivity contribution in [1.29, 1.82) is 0 Å². The fourth-order valence-electron chi connectivity index (χ4n) is 10.9. The molecule has 0 atom stereocenters. The molecule has 0 unspecified atom stereocenters. The van der Waals surface area contributed by atoms with Crippen LogP contribution in [-0.4, -0.2) is 56.2 Å². The van der Waals surface area contributed by atoms with Gasteiger partial charge in [-0.3, -0.25) is 0 Å². The summed E-state index contributed by atoms with van der Waals surface area (Å²) in [5, 5.41) is 28.4. The number of benzene rings is 10. The first kappa shape index (κ1) is 50.5. The largest absolute Gasteiger partial charge is 0.492 e. The molecular formula is C66H40BCl3N8O4. The van der Waals surface area contributed by atoms with Crippen molar-refractivity contribution in [2.45, 2.75) is 0 Å². The van der Waals surface area contributed by atoms with Crippen LogP contribution >= 0.6 is 34.8 Å². The molecule has 0 fully saturated rings. The molecule has 12 nitrogen and oxygen atoms in total. The molecule has 16 aromatic rings. The molecule has 0 aliphatic carbocycles. The summed E-state index contributed by atoms with van der Waals surface area (Å²) in [7, 11) is -1.57. The van der Waals surface area contributed by atoms with Gasteiger partial charge in [-0.05, 0) is 89.4 Å². The van der Waals surface area contributed by atoms with Gasteiger partial charge in [0.1, 0.15) is 22.3 Å². The number of furan rings is 2. The van der Waals surface area contributed by atoms with E-state index in [0.717, 1.165) is 77.3 Å². The molecule has 0 amide bonds. The predicted octanol–water partition coefficient (Wildman–Crippen LogP) is 16.1. The summed E-state index contributed by atoms with van der Waals surface area (Å²) in [5.41, 5.74) is 12.2. The van der Waals surface area contributed by atoms with Gasteiger partial charge in [0.25, 0.3) is 0 Å². The van der Waals surface area contributed by atoms with E-state index in [4.69, 9.17) is 48.6 Å². The summed E-state index contributed by atoms with van der Waals surface area (Å²) in [6.45, 7) is 0. The monoisotopic (exact) mass is 1120 g/mol. The van der Waals surface area contributed by atoms with E-state index in [1.54, 1.807) is 6.07 Å². The van der Waals surface area contributed by atoms with Gasteiger partial charge in [-0.15, -0.1) is 0 Å². The van der Waals surface area contributed by atoms with Crippen molar-refractivity contribution in [3.8, 4) is 45.5 Å². The van der Waals surface area contributed by atoms with Crippen molar-refractivity contribution < 1.29 is 18.9 Å². The molecule has 2 N–H and O–H groups in total. The minimum absolute atomic E-state index is 0.101. The highest BCUT2D eigenvalue weighted by Gasteiger charge is 2.22. The Hall–Kier alpha value is -9.73. The van der Waals surface area contributed by atoms with Gasteiger partial charge in [-0.2, -0.15) is 24.9 Å². The smallest absolute Gasteiger partial charge is 0.456 e. The quantitative estimate of drug-likeness (QED) is 0.154. The zero-order valence-corrected chi connectivity index (χ0v) is 45.2. The first-order valence-electron chi connectivity index (χ1n) is 26.1. The average Bonchev–Trinajstić information content (AvgIpc) is 4.03. The van der Waals surface area contributed by atoms with Crippen LogP contribution in [0, 0.1) is 0 Å². The van der Waals surface area contributed by atoms with E-state index in [9.17, 15) is 10.0 Å². The molecule has 0 aliphatic rings. The zero-order valence-electron chi connectivity index (χ0n) is 42.9. The summed E-state index contributed by atoms with van der Waals surface area (Å²) in [6, 6.07) is 76.9. The molecule has 16 heteroatoms. The van der Waals surface area contributed by atoms with Gasteiger partial charge in [0.15, 0.2) is 17.5 Å². The molecule has 6 aromatic heterocycles. The molecule has 0 saturated heterocycles. The topological polar surface area (TPSA) is 154 Å². The van der Waals surface area contributed by atoms with Gasteiger partial charge in [0.2, 0.25) is 15.9 Å². The second-order valence-corrected chi connectivity index (χ2v) is 20.3. The third kappa shape index (κ3) is 9.12. The molecule has 16 rings (SSSR count). The van der Waals surface area contributed by atoms with Gasteiger partial charge in [0.05, 0.1) is 27.6 Å². The number of halogens is 3. The van der Waals surface area contributed by atoms with Crippen LogP contribution < -0.4 is 5.46 Å². The average molecular weight is 1130 g/mol. The SMILES string of the molecule is Clc1nc(-c2ccccc2)nc(-c2cccc3c2oc2cc(-n4c5ccccc5c5ccccc54)ccc23)n1.Clc1nc(Cl)nc(-c2ccccc2)n1.OB(O)c1cccc2c1oc1cc(-n3c4ccccc4c4ccccc43)ccc12. The van der Waals surface area contributed by atoms with E-state index >= 15 is 0 Å². The molecule has 6 heterocycles. The van der Waals surface area contributed by atoms with Crippen LogP contribution in [0.3, 0.4) is 0 Å². The van der Waals surface area contributed by atoms with Crippen LogP contribution in [-0.2, 0) is 0 Å². The Morgan fingerprint density at radius 2 is 0.707 bits per heavy atom. The lowest BCUT2D eigenvalue weighted by Crippen LogP contribution is -2.29. The van der Waals surface area contributed by atoms with Gasteiger partial charge >= 0.3 is 7.12 Å². The summed E-state index contributed by atoms with van der Waals surface area (Å²) < 4.78 is 17.1. The maximum absolute atomic E-state index is 9.68. The van der Waals surface area contributed by atoms with Crippen LogP contribution in [0.2, 0.25) is 15.9 Å². The maximum atomic E-state index is 9.68. The molecule has 0 spiro atoms. The molecule has 0 bridgehead atoms. The summed E-state index contributed by atoms with van der Waals surface area (Å²) in [5.74, 6) is 1.48. The fraction of sp³-hybridized carbons (Fsp3) is 0. The van der Waals surface area contributed by atoms with Crippen LogP contribution in [0.15, 0.2) is 239 Å². The zero-order chi connectivity index (χ0) is 55.4. The minimum Gasteiger partial charge on any atom is -0.456 e.